The monoisotopic (exact) mass is 444 g/mol. The van der Waals surface area contributed by atoms with Gasteiger partial charge in [-0.1, -0.05) is 6.92 Å². The zero-order chi connectivity index (χ0) is 22.0. The van der Waals surface area contributed by atoms with E-state index >= 15 is 0 Å². The fourth-order valence-electron chi connectivity index (χ4n) is 4.59. The second kappa shape index (κ2) is 9.48. The summed E-state index contributed by atoms with van der Waals surface area (Å²) in [5.41, 5.74) is 2.69. The van der Waals surface area contributed by atoms with Gasteiger partial charge in [-0.25, -0.2) is 4.98 Å². The van der Waals surface area contributed by atoms with Crippen LogP contribution in [0.3, 0.4) is 0 Å². The van der Waals surface area contributed by atoms with E-state index in [9.17, 15) is 9.59 Å². The van der Waals surface area contributed by atoms with Gasteiger partial charge in [0.05, 0.1) is 23.5 Å². The molecule has 1 aliphatic heterocycles. The van der Waals surface area contributed by atoms with Crippen LogP contribution in [0.15, 0.2) is 6.20 Å². The van der Waals surface area contributed by atoms with Gasteiger partial charge in [0.25, 0.3) is 5.91 Å². The van der Waals surface area contributed by atoms with E-state index in [1.54, 1.807) is 29.3 Å². The standard InChI is InChI=1S/C22H32N6O2S/c1-14-4-5-17-19(10-14)31-22(24-17)25-20(29)13-28-8-6-15(7-9-28)11-18-16(21(30)23-2)12-27(3)26-18/h12,14-15H,4-11,13H2,1-3H3,(H,23,30)(H,24,25,29). The second-order valence-corrected chi connectivity index (χ2v) is 10.0. The molecule has 31 heavy (non-hydrogen) atoms. The van der Waals surface area contributed by atoms with Gasteiger partial charge in [-0.15, -0.1) is 11.3 Å². The molecule has 1 atom stereocenters. The highest BCUT2D eigenvalue weighted by Gasteiger charge is 2.25. The number of nitrogens with zero attached hydrogens (tertiary/aromatic N) is 4. The first kappa shape index (κ1) is 22.0. The van der Waals surface area contributed by atoms with Crippen molar-refractivity contribution in [3.8, 4) is 0 Å². The minimum atomic E-state index is -0.0875. The maximum absolute atomic E-state index is 12.5. The largest absolute Gasteiger partial charge is 0.355 e. The van der Waals surface area contributed by atoms with Gasteiger partial charge in [-0.3, -0.25) is 19.2 Å². The van der Waals surface area contributed by atoms with Crippen molar-refractivity contribution in [3.05, 3.63) is 28.0 Å². The maximum atomic E-state index is 12.5. The molecule has 1 unspecified atom stereocenters. The van der Waals surface area contributed by atoms with E-state index < -0.39 is 0 Å². The summed E-state index contributed by atoms with van der Waals surface area (Å²) in [6.07, 6.45) is 7.86. The van der Waals surface area contributed by atoms with Gasteiger partial charge in [-0.05, 0) is 63.5 Å². The minimum Gasteiger partial charge on any atom is -0.355 e. The van der Waals surface area contributed by atoms with Crippen molar-refractivity contribution >= 4 is 28.3 Å². The smallest absolute Gasteiger partial charge is 0.254 e. The first-order valence-electron chi connectivity index (χ1n) is 11.2. The number of carbonyl (C=O) groups is 2. The van der Waals surface area contributed by atoms with Crippen molar-refractivity contribution in [1.29, 1.82) is 0 Å². The Bertz CT molecular complexity index is 944. The second-order valence-electron chi connectivity index (χ2n) is 8.95. The molecule has 8 nitrogen and oxygen atoms in total. The van der Waals surface area contributed by atoms with Gasteiger partial charge in [0, 0.05) is 25.2 Å². The maximum Gasteiger partial charge on any atom is 0.254 e. The topological polar surface area (TPSA) is 92.2 Å². The third kappa shape index (κ3) is 5.33. The number of aromatic nitrogens is 3. The Balaban J connectivity index is 1.25. The van der Waals surface area contributed by atoms with Crippen LogP contribution < -0.4 is 10.6 Å². The molecule has 0 spiro atoms. The molecule has 3 heterocycles. The van der Waals surface area contributed by atoms with Crippen molar-refractivity contribution < 1.29 is 9.59 Å². The third-order valence-corrected chi connectivity index (χ3v) is 7.40. The van der Waals surface area contributed by atoms with Crippen molar-refractivity contribution in [2.45, 2.75) is 45.4 Å². The molecule has 4 rings (SSSR count). The van der Waals surface area contributed by atoms with Crippen LogP contribution in [0.25, 0.3) is 0 Å². The van der Waals surface area contributed by atoms with Crippen LogP contribution in [0.1, 0.15) is 52.8 Å². The first-order chi connectivity index (χ1) is 14.9. The summed E-state index contributed by atoms with van der Waals surface area (Å²) in [5, 5.41) is 10.9. The molecule has 2 aromatic rings. The number of hydrogen-bond donors (Lipinski definition) is 2. The highest BCUT2D eigenvalue weighted by molar-refractivity contribution is 7.15. The van der Waals surface area contributed by atoms with E-state index in [1.165, 1.54) is 17.0 Å². The number of nitrogens with one attached hydrogen (secondary N) is 2. The summed E-state index contributed by atoms with van der Waals surface area (Å²) in [5.74, 6) is 1.11. The zero-order valence-electron chi connectivity index (χ0n) is 18.6. The lowest BCUT2D eigenvalue weighted by molar-refractivity contribution is -0.117. The average molecular weight is 445 g/mol. The van der Waals surface area contributed by atoms with Crippen LogP contribution in [0, 0.1) is 11.8 Å². The van der Waals surface area contributed by atoms with Gasteiger partial charge >= 0.3 is 0 Å². The van der Waals surface area contributed by atoms with Gasteiger partial charge in [0.1, 0.15) is 0 Å². The number of thiazole rings is 1. The Labute approximate surface area is 187 Å². The van der Waals surface area contributed by atoms with Crippen LogP contribution in [-0.2, 0) is 31.1 Å². The summed E-state index contributed by atoms with van der Waals surface area (Å²) in [6, 6.07) is 0. The Hall–Kier alpha value is -2.26. The molecule has 2 amide bonds. The zero-order valence-corrected chi connectivity index (χ0v) is 19.4. The molecule has 0 saturated carbocycles. The van der Waals surface area contributed by atoms with Crippen molar-refractivity contribution in [3.63, 3.8) is 0 Å². The number of fused-ring (bicyclic) bond motifs is 1. The normalized spacial score (nSPS) is 19.8. The molecule has 1 fully saturated rings. The lowest BCUT2D eigenvalue weighted by Crippen LogP contribution is -2.39. The van der Waals surface area contributed by atoms with Crippen LogP contribution >= 0.6 is 11.3 Å². The number of hydrogen-bond acceptors (Lipinski definition) is 6. The van der Waals surface area contributed by atoms with E-state index in [4.69, 9.17) is 0 Å². The Morgan fingerprint density at radius 2 is 2.03 bits per heavy atom. The Morgan fingerprint density at radius 1 is 1.26 bits per heavy atom. The van der Waals surface area contributed by atoms with Gasteiger partial charge < -0.3 is 10.6 Å². The predicted molar refractivity (Wildman–Crippen MR) is 121 cm³/mol. The molecule has 9 heteroatoms. The highest BCUT2D eigenvalue weighted by Crippen LogP contribution is 2.32. The van der Waals surface area contributed by atoms with Crippen molar-refractivity contribution in [2.75, 3.05) is 32.0 Å². The first-order valence-corrected chi connectivity index (χ1v) is 12.0. The fraction of sp³-hybridized carbons (Fsp3) is 0.636. The minimum absolute atomic E-state index is 0.0178. The SMILES string of the molecule is CNC(=O)c1cn(C)nc1CC1CCN(CC(=O)Nc2nc3c(s2)CC(C)CC3)CC1. The fourth-order valence-corrected chi connectivity index (χ4v) is 5.77. The average Bonchev–Trinajstić information content (AvgIpc) is 3.30. The summed E-state index contributed by atoms with van der Waals surface area (Å²) >= 11 is 1.64. The molecule has 2 N–H and O–H groups in total. The number of aryl methyl sites for hydroxylation is 2. The lowest BCUT2D eigenvalue weighted by atomic mass is 9.91. The van der Waals surface area contributed by atoms with E-state index in [2.05, 4.69) is 32.5 Å². The van der Waals surface area contributed by atoms with Gasteiger partial charge in [0.2, 0.25) is 5.91 Å². The van der Waals surface area contributed by atoms with E-state index in [0.717, 1.165) is 56.0 Å². The summed E-state index contributed by atoms with van der Waals surface area (Å²) < 4.78 is 1.70. The molecular weight excluding hydrogens is 412 g/mol. The van der Waals surface area contributed by atoms with E-state index in [1.807, 2.05) is 7.05 Å². The lowest BCUT2D eigenvalue weighted by Gasteiger charge is -2.31. The highest BCUT2D eigenvalue weighted by atomic mass is 32.1. The van der Waals surface area contributed by atoms with Crippen LogP contribution in [0.2, 0.25) is 0 Å². The Morgan fingerprint density at radius 3 is 2.77 bits per heavy atom. The molecule has 0 bridgehead atoms. The summed E-state index contributed by atoms with van der Waals surface area (Å²) in [6.45, 7) is 4.44. The molecule has 2 aromatic heterocycles. The summed E-state index contributed by atoms with van der Waals surface area (Å²) in [4.78, 5) is 32.8. The number of carbonyl (C=O) groups excluding carboxylic acids is 2. The molecular formula is C22H32N6O2S. The van der Waals surface area contributed by atoms with Crippen LogP contribution in [0.4, 0.5) is 5.13 Å². The summed E-state index contributed by atoms with van der Waals surface area (Å²) in [7, 11) is 3.49. The molecule has 0 aromatic carbocycles. The van der Waals surface area contributed by atoms with E-state index in [0.29, 0.717) is 23.9 Å². The number of piperidine rings is 1. The molecule has 1 aliphatic carbocycles. The molecule has 0 radical (unpaired) electrons. The number of amides is 2. The van der Waals surface area contributed by atoms with E-state index in [-0.39, 0.29) is 11.8 Å². The number of anilines is 1. The third-order valence-electron chi connectivity index (χ3n) is 6.37. The Kier molecular flexibility index (Phi) is 6.71. The number of likely N-dealkylation sites (tertiary alicyclic amines) is 1. The van der Waals surface area contributed by atoms with Crippen molar-refractivity contribution in [1.82, 2.24) is 25.0 Å². The van der Waals surface area contributed by atoms with Crippen LogP contribution in [-0.4, -0.2) is 58.2 Å². The number of rotatable bonds is 6. The quantitative estimate of drug-likeness (QED) is 0.713. The van der Waals surface area contributed by atoms with Crippen LogP contribution in [0.5, 0.6) is 0 Å². The van der Waals surface area contributed by atoms with Crippen molar-refractivity contribution in [2.24, 2.45) is 18.9 Å². The van der Waals surface area contributed by atoms with Gasteiger partial charge in [0.15, 0.2) is 5.13 Å². The molecule has 2 aliphatic rings. The van der Waals surface area contributed by atoms with Gasteiger partial charge in [-0.2, -0.15) is 5.10 Å². The molecule has 168 valence electrons. The predicted octanol–water partition coefficient (Wildman–Crippen LogP) is 2.25. The molecule has 1 saturated heterocycles.